The van der Waals surface area contributed by atoms with Crippen molar-refractivity contribution in [3.05, 3.63) is 59.4 Å². The van der Waals surface area contributed by atoms with E-state index in [2.05, 4.69) is 10.2 Å². The third-order valence-electron chi connectivity index (χ3n) is 4.83. The Morgan fingerprint density at radius 2 is 1.96 bits per heavy atom. The average molecular weight is 372 g/mol. The molecular formula is C20H21FN2O2S. The molecule has 136 valence electrons. The van der Waals surface area contributed by atoms with Crippen LogP contribution in [-0.4, -0.2) is 38.0 Å². The number of para-hydroxylation sites is 1. The summed E-state index contributed by atoms with van der Waals surface area (Å²) in [6.45, 7) is 2.89. The molecule has 0 saturated carbocycles. The quantitative estimate of drug-likeness (QED) is 0.893. The fourth-order valence-corrected chi connectivity index (χ4v) is 4.66. The van der Waals surface area contributed by atoms with Crippen molar-refractivity contribution in [2.75, 3.05) is 37.0 Å². The van der Waals surface area contributed by atoms with Crippen LogP contribution < -0.4 is 10.2 Å². The van der Waals surface area contributed by atoms with Gasteiger partial charge in [-0.25, -0.2) is 4.39 Å². The van der Waals surface area contributed by atoms with Crippen LogP contribution in [0.25, 0.3) is 0 Å². The number of hydrogen-bond acceptors (Lipinski definition) is 4. The molecule has 4 nitrogen and oxygen atoms in total. The third kappa shape index (κ3) is 3.44. The number of carbonyl (C=O) groups is 1. The number of carbonyl (C=O) groups excluding carboxylic acids is 1. The summed E-state index contributed by atoms with van der Waals surface area (Å²) in [7, 11) is 0. The van der Waals surface area contributed by atoms with E-state index in [9.17, 15) is 9.18 Å². The summed E-state index contributed by atoms with van der Waals surface area (Å²) in [6, 6.07) is 12.6. The lowest BCUT2D eigenvalue weighted by molar-refractivity contribution is 0.0933. The van der Waals surface area contributed by atoms with Crippen molar-refractivity contribution in [1.82, 2.24) is 5.32 Å². The van der Waals surface area contributed by atoms with E-state index in [1.54, 1.807) is 6.07 Å². The van der Waals surface area contributed by atoms with E-state index in [0.717, 1.165) is 36.5 Å². The van der Waals surface area contributed by atoms with Crippen LogP contribution in [0.1, 0.15) is 28.4 Å². The normalized spacial score (nSPS) is 19.7. The minimum atomic E-state index is -0.208. The number of ether oxygens (including phenoxy) is 1. The molecular weight excluding hydrogens is 351 g/mol. The highest BCUT2D eigenvalue weighted by Crippen LogP contribution is 2.38. The number of morpholine rings is 1. The molecule has 2 heterocycles. The van der Waals surface area contributed by atoms with E-state index in [1.807, 2.05) is 30.3 Å². The number of nitrogens with zero attached hydrogens (tertiary/aromatic N) is 1. The molecule has 1 N–H and O–H groups in total. The van der Waals surface area contributed by atoms with E-state index < -0.39 is 0 Å². The highest BCUT2D eigenvalue weighted by molar-refractivity contribution is 7.99. The van der Waals surface area contributed by atoms with Gasteiger partial charge in [0.05, 0.1) is 24.8 Å². The van der Waals surface area contributed by atoms with Crippen molar-refractivity contribution in [3.8, 4) is 0 Å². The molecule has 1 amide bonds. The number of fused-ring (bicyclic) bond motifs is 1. The van der Waals surface area contributed by atoms with Crippen LogP contribution in [0.4, 0.5) is 10.1 Å². The van der Waals surface area contributed by atoms with E-state index in [1.165, 1.54) is 17.8 Å². The Morgan fingerprint density at radius 1 is 1.15 bits per heavy atom. The highest BCUT2D eigenvalue weighted by Gasteiger charge is 2.26. The predicted molar refractivity (Wildman–Crippen MR) is 101 cm³/mol. The van der Waals surface area contributed by atoms with Gasteiger partial charge in [0, 0.05) is 29.4 Å². The first kappa shape index (κ1) is 17.4. The number of hydrogen-bond donors (Lipinski definition) is 1. The van der Waals surface area contributed by atoms with Crippen LogP contribution in [-0.2, 0) is 4.74 Å². The molecule has 4 rings (SSSR count). The van der Waals surface area contributed by atoms with E-state index in [-0.39, 0.29) is 17.8 Å². The Labute approximate surface area is 156 Å². The second-order valence-corrected chi connectivity index (χ2v) is 7.54. The lowest BCUT2D eigenvalue weighted by atomic mass is 10.0. The largest absolute Gasteiger partial charge is 0.378 e. The van der Waals surface area contributed by atoms with Gasteiger partial charge in [-0.2, -0.15) is 0 Å². The van der Waals surface area contributed by atoms with Gasteiger partial charge in [-0.15, -0.1) is 11.8 Å². The number of anilines is 1. The standard InChI is InChI=1S/C20H21FN2O2S/c21-16-6-3-5-14-17(8-13-26-19(14)16)22-20(24)15-4-1-2-7-18(15)23-9-11-25-12-10-23/h1-7,17H,8-13H2,(H,22,24)/t17-/m1/s1. The van der Waals surface area contributed by atoms with Gasteiger partial charge < -0.3 is 15.0 Å². The summed E-state index contributed by atoms with van der Waals surface area (Å²) in [5, 5.41) is 3.12. The van der Waals surface area contributed by atoms with Crippen molar-refractivity contribution >= 4 is 23.4 Å². The number of rotatable bonds is 3. The molecule has 1 atom stereocenters. The lowest BCUT2D eigenvalue weighted by Gasteiger charge is -2.31. The van der Waals surface area contributed by atoms with Crippen LogP contribution in [0.15, 0.2) is 47.4 Å². The van der Waals surface area contributed by atoms with E-state index >= 15 is 0 Å². The van der Waals surface area contributed by atoms with E-state index in [0.29, 0.717) is 23.7 Å². The van der Waals surface area contributed by atoms with Gasteiger partial charge in [0.15, 0.2) is 0 Å². The first-order valence-electron chi connectivity index (χ1n) is 8.88. The van der Waals surface area contributed by atoms with Crippen LogP contribution >= 0.6 is 11.8 Å². The Hall–Kier alpha value is -2.05. The molecule has 0 unspecified atom stereocenters. The zero-order valence-corrected chi connectivity index (χ0v) is 15.2. The maximum Gasteiger partial charge on any atom is 0.253 e. The number of benzene rings is 2. The van der Waals surface area contributed by atoms with Crippen molar-refractivity contribution in [2.45, 2.75) is 17.4 Å². The number of halogens is 1. The summed E-state index contributed by atoms with van der Waals surface area (Å²) in [4.78, 5) is 15.8. The van der Waals surface area contributed by atoms with Crippen LogP contribution in [0, 0.1) is 5.82 Å². The highest BCUT2D eigenvalue weighted by atomic mass is 32.2. The van der Waals surface area contributed by atoms with Crippen LogP contribution in [0.5, 0.6) is 0 Å². The third-order valence-corrected chi connectivity index (χ3v) is 5.99. The molecule has 26 heavy (non-hydrogen) atoms. The molecule has 6 heteroatoms. The van der Waals surface area contributed by atoms with Crippen LogP contribution in [0.2, 0.25) is 0 Å². The molecule has 0 spiro atoms. The maximum absolute atomic E-state index is 14.1. The molecule has 2 aromatic rings. The van der Waals surface area contributed by atoms with Gasteiger partial charge in [0.1, 0.15) is 5.82 Å². The Morgan fingerprint density at radius 3 is 2.81 bits per heavy atom. The van der Waals surface area contributed by atoms with Gasteiger partial charge in [-0.05, 0) is 30.2 Å². The molecule has 0 aromatic heterocycles. The zero-order valence-electron chi connectivity index (χ0n) is 14.4. The Bertz CT molecular complexity index is 808. The molecule has 0 bridgehead atoms. The molecule has 2 aliphatic rings. The van der Waals surface area contributed by atoms with Crippen molar-refractivity contribution in [1.29, 1.82) is 0 Å². The van der Waals surface area contributed by atoms with Gasteiger partial charge >= 0.3 is 0 Å². The minimum Gasteiger partial charge on any atom is -0.378 e. The fraction of sp³-hybridized carbons (Fsp3) is 0.350. The Balaban J connectivity index is 1.58. The lowest BCUT2D eigenvalue weighted by Crippen LogP contribution is -2.38. The maximum atomic E-state index is 14.1. The SMILES string of the molecule is O=C(N[C@@H]1CCSc2c(F)cccc21)c1ccccc1N1CCOCC1. The molecule has 2 aromatic carbocycles. The monoisotopic (exact) mass is 372 g/mol. The second kappa shape index (κ2) is 7.68. The molecule has 1 fully saturated rings. The van der Waals surface area contributed by atoms with Crippen molar-refractivity contribution in [3.63, 3.8) is 0 Å². The number of nitrogens with one attached hydrogen (secondary N) is 1. The molecule has 1 saturated heterocycles. The summed E-state index contributed by atoms with van der Waals surface area (Å²) < 4.78 is 19.5. The summed E-state index contributed by atoms with van der Waals surface area (Å²) in [6.07, 6.45) is 0.798. The smallest absolute Gasteiger partial charge is 0.253 e. The number of thioether (sulfide) groups is 1. The van der Waals surface area contributed by atoms with Crippen molar-refractivity contribution in [2.24, 2.45) is 0 Å². The fourth-order valence-electron chi connectivity index (χ4n) is 3.52. The minimum absolute atomic E-state index is 0.112. The Kier molecular flexibility index (Phi) is 5.13. The summed E-state index contributed by atoms with van der Waals surface area (Å²) in [5.41, 5.74) is 2.46. The van der Waals surface area contributed by atoms with Gasteiger partial charge in [0.2, 0.25) is 0 Å². The zero-order chi connectivity index (χ0) is 17.9. The predicted octanol–water partition coefficient (Wildman–Crippen LogP) is 3.63. The van der Waals surface area contributed by atoms with Crippen molar-refractivity contribution < 1.29 is 13.9 Å². The second-order valence-electron chi connectivity index (χ2n) is 6.44. The first-order valence-corrected chi connectivity index (χ1v) is 9.86. The van der Waals surface area contributed by atoms with Gasteiger partial charge in [-0.1, -0.05) is 24.3 Å². The number of amides is 1. The van der Waals surface area contributed by atoms with Crippen LogP contribution in [0.3, 0.4) is 0 Å². The van der Waals surface area contributed by atoms with E-state index in [4.69, 9.17) is 4.74 Å². The van der Waals surface area contributed by atoms with Gasteiger partial charge in [-0.3, -0.25) is 4.79 Å². The topological polar surface area (TPSA) is 41.6 Å². The molecule has 2 aliphatic heterocycles. The van der Waals surface area contributed by atoms with Gasteiger partial charge in [0.25, 0.3) is 5.91 Å². The summed E-state index contributed by atoms with van der Waals surface area (Å²) in [5.74, 6) is 0.476. The summed E-state index contributed by atoms with van der Waals surface area (Å²) >= 11 is 1.52. The first-order chi connectivity index (χ1) is 12.7. The molecule has 0 aliphatic carbocycles. The average Bonchev–Trinajstić information content (AvgIpc) is 2.69. The molecule has 0 radical (unpaired) electrons.